The first-order chi connectivity index (χ1) is 9.36. The topological polar surface area (TPSA) is 45.6 Å². The highest BCUT2D eigenvalue weighted by Gasteiger charge is 2.03. The first kappa shape index (κ1) is 12.0. The molecule has 2 aromatic heterocycles. The number of nitrogens with one attached hydrogen (secondary N) is 2. The zero-order valence-electron chi connectivity index (χ0n) is 11.1. The lowest BCUT2D eigenvalue weighted by Gasteiger charge is -2.01. The molecular weight excluding hydrogens is 236 g/mol. The van der Waals surface area contributed by atoms with Crippen LogP contribution in [0, 0.1) is 0 Å². The summed E-state index contributed by atoms with van der Waals surface area (Å²) >= 11 is 0. The second-order valence-electron chi connectivity index (χ2n) is 4.63. The summed E-state index contributed by atoms with van der Waals surface area (Å²) in [7, 11) is 0. The summed E-state index contributed by atoms with van der Waals surface area (Å²) in [5, 5.41) is 9.18. The third-order valence-electron chi connectivity index (χ3n) is 3.32. The molecule has 0 aliphatic rings. The molecule has 0 bridgehead atoms. The van der Waals surface area contributed by atoms with Crippen LogP contribution in [0.25, 0.3) is 10.9 Å². The fraction of sp³-hybridized carbons (Fsp3) is 0.267. The summed E-state index contributed by atoms with van der Waals surface area (Å²) in [5.41, 5.74) is 3.57. The van der Waals surface area contributed by atoms with Gasteiger partial charge in [0.05, 0.1) is 5.69 Å². The van der Waals surface area contributed by atoms with Crippen molar-refractivity contribution in [1.82, 2.24) is 20.1 Å². The molecule has 2 heterocycles. The zero-order chi connectivity index (χ0) is 13.1. The predicted octanol–water partition coefficient (Wildman–Crippen LogP) is 2.67. The minimum Gasteiger partial charge on any atom is -0.361 e. The normalized spacial score (nSPS) is 11.2. The van der Waals surface area contributed by atoms with E-state index in [1.807, 2.05) is 16.9 Å². The van der Waals surface area contributed by atoms with E-state index in [0.29, 0.717) is 0 Å². The Morgan fingerprint density at radius 3 is 2.95 bits per heavy atom. The van der Waals surface area contributed by atoms with Crippen molar-refractivity contribution in [3.63, 3.8) is 0 Å². The van der Waals surface area contributed by atoms with E-state index in [1.165, 1.54) is 16.5 Å². The highest BCUT2D eigenvalue weighted by molar-refractivity contribution is 5.82. The molecule has 1 aromatic carbocycles. The highest BCUT2D eigenvalue weighted by atomic mass is 15.3. The Hall–Kier alpha value is -2.07. The molecule has 0 radical (unpaired) electrons. The van der Waals surface area contributed by atoms with Crippen LogP contribution in [-0.2, 0) is 19.6 Å². The first-order valence-electron chi connectivity index (χ1n) is 6.65. The Balaban J connectivity index is 1.63. The summed E-state index contributed by atoms with van der Waals surface area (Å²) in [5.74, 6) is 0. The van der Waals surface area contributed by atoms with E-state index < -0.39 is 0 Å². The molecule has 0 saturated heterocycles. The van der Waals surface area contributed by atoms with Crippen LogP contribution in [-0.4, -0.2) is 14.8 Å². The molecule has 4 nitrogen and oxygen atoms in total. The van der Waals surface area contributed by atoms with Crippen LogP contribution in [0.2, 0.25) is 0 Å². The van der Waals surface area contributed by atoms with Crippen molar-refractivity contribution in [1.29, 1.82) is 0 Å². The summed E-state index contributed by atoms with van der Waals surface area (Å²) < 4.78 is 1.95. The molecule has 98 valence electrons. The molecule has 0 aliphatic heterocycles. The molecule has 0 atom stereocenters. The number of hydrogen-bond donors (Lipinski definition) is 2. The van der Waals surface area contributed by atoms with E-state index in [0.717, 1.165) is 25.3 Å². The molecule has 0 saturated carbocycles. The van der Waals surface area contributed by atoms with Gasteiger partial charge in [0.25, 0.3) is 0 Å². The van der Waals surface area contributed by atoms with Crippen molar-refractivity contribution in [2.45, 2.75) is 26.6 Å². The van der Waals surface area contributed by atoms with E-state index in [4.69, 9.17) is 0 Å². The van der Waals surface area contributed by atoms with Gasteiger partial charge < -0.3 is 10.3 Å². The smallest absolute Gasteiger partial charge is 0.0762 e. The molecule has 2 N–H and O–H groups in total. The van der Waals surface area contributed by atoms with Crippen LogP contribution >= 0.6 is 0 Å². The van der Waals surface area contributed by atoms with Crippen molar-refractivity contribution >= 4 is 10.9 Å². The molecule has 0 amide bonds. The number of para-hydroxylation sites is 1. The minimum atomic E-state index is 0.798. The van der Waals surface area contributed by atoms with E-state index in [2.05, 4.69) is 52.8 Å². The summed E-state index contributed by atoms with van der Waals surface area (Å²) in [6.45, 7) is 4.66. The first-order valence-corrected chi connectivity index (χ1v) is 6.65. The fourth-order valence-electron chi connectivity index (χ4n) is 2.28. The van der Waals surface area contributed by atoms with Crippen LogP contribution in [0.1, 0.15) is 18.2 Å². The number of aryl methyl sites for hydroxylation is 1. The number of hydrogen-bond acceptors (Lipinski definition) is 2. The SMILES string of the molecule is CCn1ccc(CNCc2c[nH]c3ccccc23)n1. The van der Waals surface area contributed by atoms with Crippen molar-refractivity contribution < 1.29 is 0 Å². The second kappa shape index (κ2) is 5.28. The summed E-state index contributed by atoms with van der Waals surface area (Å²) in [4.78, 5) is 3.29. The van der Waals surface area contributed by atoms with Crippen LogP contribution in [0.4, 0.5) is 0 Å². The Morgan fingerprint density at radius 1 is 1.21 bits per heavy atom. The zero-order valence-corrected chi connectivity index (χ0v) is 11.1. The molecule has 0 aliphatic carbocycles. The van der Waals surface area contributed by atoms with Gasteiger partial charge in [0.1, 0.15) is 0 Å². The van der Waals surface area contributed by atoms with Gasteiger partial charge in [0.15, 0.2) is 0 Å². The van der Waals surface area contributed by atoms with Gasteiger partial charge in [-0.1, -0.05) is 18.2 Å². The van der Waals surface area contributed by atoms with Gasteiger partial charge in [-0.25, -0.2) is 0 Å². The fourth-order valence-corrected chi connectivity index (χ4v) is 2.28. The Kier molecular flexibility index (Phi) is 3.33. The maximum atomic E-state index is 4.46. The number of aromatic nitrogens is 3. The number of aromatic amines is 1. The maximum absolute atomic E-state index is 4.46. The van der Waals surface area contributed by atoms with Crippen molar-refractivity contribution in [3.05, 3.63) is 54.0 Å². The molecule has 4 heteroatoms. The molecule has 0 spiro atoms. The summed E-state index contributed by atoms with van der Waals surface area (Å²) in [6, 6.07) is 10.4. The molecule has 3 rings (SSSR count). The Morgan fingerprint density at radius 2 is 2.11 bits per heavy atom. The predicted molar refractivity (Wildman–Crippen MR) is 76.7 cm³/mol. The third-order valence-corrected chi connectivity index (χ3v) is 3.32. The lowest BCUT2D eigenvalue weighted by Crippen LogP contribution is -2.13. The van der Waals surface area contributed by atoms with Gasteiger partial charge in [-0.2, -0.15) is 5.10 Å². The number of benzene rings is 1. The van der Waals surface area contributed by atoms with Crippen molar-refractivity contribution in [3.8, 4) is 0 Å². The quantitative estimate of drug-likeness (QED) is 0.735. The monoisotopic (exact) mass is 254 g/mol. The van der Waals surface area contributed by atoms with Crippen LogP contribution in [0.15, 0.2) is 42.7 Å². The number of rotatable bonds is 5. The van der Waals surface area contributed by atoms with E-state index in [-0.39, 0.29) is 0 Å². The average molecular weight is 254 g/mol. The highest BCUT2D eigenvalue weighted by Crippen LogP contribution is 2.17. The lowest BCUT2D eigenvalue weighted by atomic mass is 10.2. The third kappa shape index (κ3) is 2.53. The Labute approximate surface area is 112 Å². The molecule has 3 aromatic rings. The van der Waals surface area contributed by atoms with Gasteiger partial charge in [-0.05, 0) is 24.6 Å². The van der Waals surface area contributed by atoms with Crippen molar-refractivity contribution in [2.24, 2.45) is 0 Å². The van der Waals surface area contributed by atoms with Crippen LogP contribution in [0.3, 0.4) is 0 Å². The standard InChI is InChI=1S/C15H18N4/c1-2-19-8-7-13(18-19)11-16-9-12-10-17-15-6-4-3-5-14(12)15/h3-8,10,16-17H,2,9,11H2,1H3. The van der Waals surface area contributed by atoms with E-state index in [9.17, 15) is 0 Å². The summed E-state index contributed by atoms with van der Waals surface area (Å²) in [6.07, 6.45) is 4.09. The Bertz CT molecular complexity index is 665. The van der Waals surface area contributed by atoms with Gasteiger partial charge >= 0.3 is 0 Å². The number of nitrogens with zero attached hydrogens (tertiary/aromatic N) is 2. The molecular formula is C15H18N4. The molecule has 19 heavy (non-hydrogen) atoms. The lowest BCUT2D eigenvalue weighted by molar-refractivity contribution is 0.620. The molecule has 0 unspecified atom stereocenters. The van der Waals surface area contributed by atoms with Gasteiger partial charge in [-0.3, -0.25) is 4.68 Å². The largest absolute Gasteiger partial charge is 0.361 e. The van der Waals surface area contributed by atoms with Crippen LogP contribution in [0.5, 0.6) is 0 Å². The number of fused-ring (bicyclic) bond motifs is 1. The minimum absolute atomic E-state index is 0.798. The second-order valence-corrected chi connectivity index (χ2v) is 4.63. The van der Waals surface area contributed by atoms with Crippen LogP contribution < -0.4 is 5.32 Å². The maximum Gasteiger partial charge on any atom is 0.0762 e. The van der Waals surface area contributed by atoms with E-state index in [1.54, 1.807) is 0 Å². The van der Waals surface area contributed by atoms with Crippen molar-refractivity contribution in [2.75, 3.05) is 0 Å². The van der Waals surface area contributed by atoms with Gasteiger partial charge in [-0.15, -0.1) is 0 Å². The van der Waals surface area contributed by atoms with Gasteiger partial charge in [0.2, 0.25) is 0 Å². The van der Waals surface area contributed by atoms with Gasteiger partial charge in [0, 0.05) is 42.9 Å². The van der Waals surface area contributed by atoms with E-state index >= 15 is 0 Å². The average Bonchev–Trinajstić information content (AvgIpc) is 3.06. The number of H-pyrrole nitrogens is 1. The molecule has 0 fully saturated rings.